The summed E-state index contributed by atoms with van der Waals surface area (Å²) in [4.78, 5) is 47.8. The largest absolute Gasteiger partial charge is 0.392 e. The molecule has 3 aliphatic rings. The van der Waals surface area contributed by atoms with Gasteiger partial charge in [-0.25, -0.2) is 0 Å². The maximum absolute atomic E-state index is 14.2. The number of likely N-dealkylation sites (tertiary alicyclic amines) is 1. The van der Waals surface area contributed by atoms with Crippen molar-refractivity contribution in [3.8, 4) is 0 Å². The van der Waals surface area contributed by atoms with Crippen LogP contribution in [0.5, 0.6) is 0 Å². The lowest BCUT2D eigenvalue weighted by atomic mass is 9.72. The molecule has 1 saturated heterocycles. The van der Waals surface area contributed by atoms with Crippen molar-refractivity contribution in [3.05, 3.63) is 78.1 Å². The van der Waals surface area contributed by atoms with Crippen LogP contribution in [0.4, 0.5) is 0 Å². The van der Waals surface area contributed by atoms with E-state index in [1.165, 1.54) is 25.7 Å². The van der Waals surface area contributed by atoms with Crippen LogP contribution in [0.1, 0.15) is 101 Å². The SMILES string of the molecule is CC(C)(C)NC(=O)[C@@H]1C[C@@H]2CCCC[C@@H]2CN1CC(O)C[C@H](Cc1ccccc1)C(=O)N[C@H]1CCCC[C@@H]1NC(=O)c1cc2ccccc2cn1. The number of carbonyl (C=O) groups excluding carboxylic acids is 3. The smallest absolute Gasteiger partial charge is 0.270 e. The molecule has 2 aliphatic carbocycles. The van der Waals surface area contributed by atoms with Crippen LogP contribution in [0.15, 0.2) is 66.9 Å². The Balaban J connectivity index is 1.14. The van der Waals surface area contributed by atoms with Gasteiger partial charge in [-0.1, -0.05) is 86.7 Å². The Labute approximate surface area is 303 Å². The number of aliphatic hydroxyl groups is 1. The standard InChI is InChI=1S/C42H57N5O4/c1-42(2,3)46-41(51)38-24-30-16-8-10-18-32(30)26-47(38)27-34(48)22-33(21-28-13-5-4-6-14-28)39(49)44-35-19-11-12-20-36(35)45-40(50)37-23-29-15-7-9-17-31(29)25-43-37/h4-7,9,13-15,17,23,25,30,32-36,38,48H,8,10-12,16,18-22,24,26-27H2,1-3H3,(H,44,49)(H,45,50)(H,46,51)/t30-,32+,33-,34?,35-,36-,38-/m0/s1. The second-order valence-corrected chi connectivity index (χ2v) is 16.4. The molecular formula is C42H57N5O4. The van der Waals surface area contributed by atoms with Gasteiger partial charge in [0, 0.05) is 48.2 Å². The fourth-order valence-corrected chi connectivity index (χ4v) is 8.71. The molecule has 51 heavy (non-hydrogen) atoms. The van der Waals surface area contributed by atoms with Crippen LogP contribution in [0.2, 0.25) is 0 Å². The van der Waals surface area contributed by atoms with Crippen molar-refractivity contribution in [2.45, 2.75) is 121 Å². The highest BCUT2D eigenvalue weighted by Gasteiger charge is 2.41. The van der Waals surface area contributed by atoms with Gasteiger partial charge >= 0.3 is 0 Å². The number of fused-ring (bicyclic) bond motifs is 2. The predicted octanol–water partition coefficient (Wildman–Crippen LogP) is 5.80. The average molecular weight is 696 g/mol. The summed E-state index contributed by atoms with van der Waals surface area (Å²) in [5, 5.41) is 23.3. The van der Waals surface area contributed by atoms with Crippen molar-refractivity contribution in [2.75, 3.05) is 13.1 Å². The molecule has 2 heterocycles. The van der Waals surface area contributed by atoms with Gasteiger partial charge < -0.3 is 21.1 Å². The van der Waals surface area contributed by atoms with Gasteiger partial charge in [0.15, 0.2) is 0 Å². The third kappa shape index (κ3) is 9.95. The summed E-state index contributed by atoms with van der Waals surface area (Å²) < 4.78 is 0. The van der Waals surface area contributed by atoms with Gasteiger partial charge in [-0.05, 0) is 88.1 Å². The third-order valence-electron chi connectivity index (χ3n) is 11.3. The van der Waals surface area contributed by atoms with E-state index in [2.05, 4.69) is 25.8 Å². The van der Waals surface area contributed by atoms with Gasteiger partial charge in [0.05, 0.1) is 12.1 Å². The molecule has 274 valence electrons. The van der Waals surface area contributed by atoms with Crippen molar-refractivity contribution in [1.82, 2.24) is 25.8 Å². The number of amides is 3. The maximum atomic E-state index is 14.2. The van der Waals surface area contributed by atoms with E-state index in [1.807, 2.05) is 81.4 Å². The van der Waals surface area contributed by atoms with Crippen molar-refractivity contribution >= 4 is 28.5 Å². The van der Waals surface area contributed by atoms with Crippen molar-refractivity contribution in [2.24, 2.45) is 17.8 Å². The molecule has 9 nitrogen and oxygen atoms in total. The number of benzene rings is 2. The topological polar surface area (TPSA) is 124 Å². The van der Waals surface area contributed by atoms with Crippen LogP contribution < -0.4 is 16.0 Å². The van der Waals surface area contributed by atoms with E-state index in [0.29, 0.717) is 30.5 Å². The van der Waals surface area contributed by atoms with E-state index < -0.39 is 12.0 Å². The molecule has 3 amide bonds. The number of hydrogen-bond acceptors (Lipinski definition) is 6. The normalized spacial score (nSPS) is 25.3. The third-order valence-corrected chi connectivity index (χ3v) is 11.3. The van der Waals surface area contributed by atoms with E-state index in [1.54, 1.807) is 6.20 Å². The quantitative estimate of drug-likeness (QED) is 0.201. The van der Waals surface area contributed by atoms with Gasteiger partial charge in [0.2, 0.25) is 11.8 Å². The summed E-state index contributed by atoms with van der Waals surface area (Å²) in [6.07, 6.45) is 10.8. The molecule has 1 unspecified atom stereocenters. The van der Waals surface area contributed by atoms with Crippen LogP contribution in [0, 0.1) is 17.8 Å². The Bertz CT molecular complexity index is 1640. The van der Waals surface area contributed by atoms with Crippen LogP contribution in [0.3, 0.4) is 0 Å². The van der Waals surface area contributed by atoms with Crippen molar-refractivity contribution in [1.29, 1.82) is 0 Å². The minimum Gasteiger partial charge on any atom is -0.392 e. The number of nitrogens with zero attached hydrogens (tertiary/aromatic N) is 2. The van der Waals surface area contributed by atoms with Crippen LogP contribution >= 0.6 is 0 Å². The van der Waals surface area contributed by atoms with Gasteiger partial charge in [-0.2, -0.15) is 0 Å². The highest BCUT2D eigenvalue weighted by molar-refractivity contribution is 5.96. The molecule has 7 atom stereocenters. The lowest BCUT2D eigenvalue weighted by Crippen LogP contribution is -2.59. The molecule has 3 fully saturated rings. The first-order valence-corrected chi connectivity index (χ1v) is 19.3. The molecule has 1 aromatic heterocycles. The number of pyridine rings is 1. The van der Waals surface area contributed by atoms with Gasteiger partial charge in [-0.15, -0.1) is 0 Å². The van der Waals surface area contributed by atoms with Crippen LogP contribution in [-0.2, 0) is 16.0 Å². The van der Waals surface area contributed by atoms with Crippen molar-refractivity contribution < 1.29 is 19.5 Å². The zero-order valence-corrected chi connectivity index (χ0v) is 30.7. The Morgan fingerprint density at radius 2 is 1.51 bits per heavy atom. The fourth-order valence-electron chi connectivity index (χ4n) is 8.71. The molecule has 6 rings (SSSR count). The molecule has 0 bridgehead atoms. The number of rotatable bonds is 11. The van der Waals surface area contributed by atoms with E-state index >= 15 is 0 Å². The number of piperidine rings is 1. The number of carbonyl (C=O) groups is 3. The summed E-state index contributed by atoms with van der Waals surface area (Å²) in [6.45, 7) is 7.17. The summed E-state index contributed by atoms with van der Waals surface area (Å²) >= 11 is 0. The van der Waals surface area contributed by atoms with Crippen molar-refractivity contribution in [3.63, 3.8) is 0 Å². The average Bonchev–Trinajstić information content (AvgIpc) is 3.11. The van der Waals surface area contributed by atoms with Gasteiger partial charge in [0.25, 0.3) is 5.91 Å². The summed E-state index contributed by atoms with van der Waals surface area (Å²) in [7, 11) is 0. The van der Waals surface area contributed by atoms with Gasteiger partial charge in [-0.3, -0.25) is 24.3 Å². The molecular weight excluding hydrogens is 638 g/mol. The zero-order chi connectivity index (χ0) is 36.0. The zero-order valence-electron chi connectivity index (χ0n) is 30.7. The highest BCUT2D eigenvalue weighted by atomic mass is 16.3. The van der Waals surface area contributed by atoms with E-state index in [-0.39, 0.29) is 47.8 Å². The fraction of sp³-hybridized carbons (Fsp3) is 0.571. The Kier molecular flexibility index (Phi) is 12.1. The van der Waals surface area contributed by atoms with Crippen LogP contribution in [0.25, 0.3) is 10.8 Å². The Morgan fingerprint density at radius 1 is 0.863 bits per heavy atom. The summed E-state index contributed by atoms with van der Waals surface area (Å²) in [5.74, 6) is 0.283. The summed E-state index contributed by atoms with van der Waals surface area (Å²) in [5.41, 5.74) is 1.05. The number of aliphatic hydroxyl groups excluding tert-OH is 1. The van der Waals surface area contributed by atoms with E-state index in [0.717, 1.165) is 55.0 Å². The number of nitrogens with one attached hydrogen (secondary N) is 3. The number of aromatic nitrogens is 1. The second kappa shape index (κ2) is 16.7. The lowest BCUT2D eigenvalue weighted by molar-refractivity contribution is -0.133. The van der Waals surface area contributed by atoms with E-state index in [9.17, 15) is 19.5 Å². The number of hydrogen-bond donors (Lipinski definition) is 4. The molecule has 3 aromatic rings. The Morgan fingerprint density at radius 3 is 2.24 bits per heavy atom. The minimum absolute atomic E-state index is 0.0292. The maximum Gasteiger partial charge on any atom is 0.270 e. The monoisotopic (exact) mass is 695 g/mol. The molecule has 4 N–H and O–H groups in total. The molecule has 0 spiro atoms. The summed E-state index contributed by atoms with van der Waals surface area (Å²) in [6, 6.07) is 18.9. The van der Waals surface area contributed by atoms with E-state index in [4.69, 9.17) is 0 Å². The Hall–Kier alpha value is -3.82. The lowest BCUT2D eigenvalue weighted by Gasteiger charge is -2.46. The van der Waals surface area contributed by atoms with Crippen LogP contribution in [-0.4, -0.2) is 75.6 Å². The predicted molar refractivity (Wildman–Crippen MR) is 201 cm³/mol. The number of β-amino-alcohol motifs (C(OH)–C–C–N with tert-alkyl or cyclic N) is 1. The first-order chi connectivity index (χ1) is 24.5. The molecule has 0 radical (unpaired) electrons. The first kappa shape index (κ1) is 37.0. The first-order valence-electron chi connectivity index (χ1n) is 19.3. The molecule has 1 aliphatic heterocycles. The molecule has 2 saturated carbocycles. The second-order valence-electron chi connectivity index (χ2n) is 16.4. The highest BCUT2D eigenvalue weighted by Crippen LogP contribution is 2.39. The minimum atomic E-state index is -0.782. The molecule has 2 aromatic carbocycles. The molecule has 9 heteroatoms. The van der Waals surface area contributed by atoms with Gasteiger partial charge in [0.1, 0.15) is 5.69 Å².